The number of hydrogen-bond donors (Lipinski definition) is 1. The van der Waals surface area contributed by atoms with Gasteiger partial charge in [-0.15, -0.1) is 0 Å². The highest BCUT2D eigenvalue weighted by molar-refractivity contribution is 5.99. The molecule has 1 saturated heterocycles. The molecule has 5 rings (SSSR count). The Morgan fingerprint density at radius 1 is 1.00 bits per heavy atom. The summed E-state index contributed by atoms with van der Waals surface area (Å²) < 4.78 is 16.2. The van der Waals surface area contributed by atoms with Crippen molar-refractivity contribution in [3.63, 3.8) is 0 Å². The van der Waals surface area contributed by atoms with Crippen LogP contribution in [0.2, 0.25) is 0 Å². The Morgan fingerprint density at radius 3 is 2.68 bits per heavy atom. The highest BCUT2D eigenvalue weighted by atomic mass is 16.5. The molecule has 0 bridgehead atoms. The Morgan fingerprint density at radius 2 is 1.84 bits per heavy atom. The summed E-state index contributed by atoms with van der Waals surface area (Å²) in [4.78, 5) is 21.6. The van der Waals surface area contributed by atoms with E-state index in [-0.39, 0.29) is 24.4 Å². The number of ether oxygens (including phenoxy) is 1. The molecule has 1 aliphatic rings. The molecule has 9 nitrogen and oxygen atoms in total. The zero-order valence-corrected chi connectivity index (χ0v) is 16.5. The maximum Gasteiger partial charge on any atom is 0.259 e. The molecule has 3 heterocycles. The van der Waals surface area contributed by atoms with Gasteiger partial charge in [0.1, 0.15) is 6.10 Å². The summed E-state index contributed by atoms with van der Waals surface area (Å²) in [6.07, 6.45) is 1.67. The normalized spacial score (nSPS) is 15.8. The number of benzene rings is 2. The summed E-state index contributed by atoms with van der Waals surface area (Å²) >= 11 is 0. The molecule has 1 atom stereocenters. The topological polar surface area (TPSA) is 116 Å². The maximum absolute atomic E-state index is 12.8. The van der Waals surface area contributed by atoms with E-state index in [0.29, 0.717) is 35.3 Å². The molecular formula is C22H19N5O4. The van der Waals surface area contributed by atoms with Crippen molar-refractivity contribution in [2.45, 2.75) is 25.5 Å². The molecule has 31 heavy (non-hydrogen) atoms. The van der Waals surface area contributed by atoms with Crippen LogP contribution in [-0.2, 0) is 11.3 Å². The van der Waals surface area contributed by atoms with E-state index in [0.717, 1.165) is 18.4 Å². The van der Waals surface area contributed by atoms with Gasteiger partial charge in [-0.1, -0.05) is 52.8 Å². The summed E-state index contributed by atoms with van der Waals surface area (Å²) in [5.74, 6) is 1.25. The summed E-state index contributed by atoms with van der Waals surface area (Å²) in [5, 5.41) is 10.8. The Kier molecular flexibility index (Phi) is 5.24. The second kappa shape index (κ2) is 8.49. The number of amides is 1. The first-order valence-electron chi connectivity index (χ1n) is 9.99. The third-order valence-electron chi connectivity index (χ3n) is 4.96. The van der Waals surface area contributed by atoms with E-state index in [1.165, 1.54) is 0 Å². The Bertz CT molecular complexity index is 1180. The van der Waals surface area contributed by atoms with E-state index < -0.39 is 0 Å². The van der Waals surface area contributed by atoms with E-state index in [1.807, 2.05) is 36.4 Å². The predicted molar refractivity (Wildman–Crippen MR) is 109 cm³/mol. The number of hydrogen-bond acceptors (Lipinski definition) is 8. The molecule has 1 N–H and O–H groups in total. The number of nitrogens with one attached hydrogen (secondary N) is 1. The molecule has 0 radical (unpaired) electrons. The van der Waals surface area contributed by atoms with E-state index >= 15 is 0 Å². The minimum Gasteiger partial charge on any atom is -0.368 e. The van der Waals surface area contributed by atoms with Crippen LogP contribution in [0.3, 0.4) is 0 Å². The largest absolute Gasteiger partial charge is 0.368 e. The highest BCUT2D eigenvalue weighted by Gasteiger charge is 2.24. The molecule has 1 unspecified atom stereocenters. The fourth-order valence-corrected chi connectivity index (χ4v) is 3.40. The van der Waals surface area contributed by atoms with E-state index in [1.54, 1.807) is 18.2 Å². The standard InChI is InChI=1S/C22H19N5O4/c28-20(23-13-18-24-22(31-26-18)17-11-6-12-29-17)15-9-4-5-10-16(15)21-25-19(27-30-21)14-7-2-1-3-8-14/h1-5,7-10,17H,6,11-13H2,(H,23,28). The number of rotatable bonds is 6. The lowest BCUT2D eigenvalue weighted by Gasteiger charge is -2.06. The van der Waals surface area contributed by atoms with E-state index in [4.69, 9.17) is 13.8 Å². The molecule has 0 saturated carbocycles. The van der Waals surface area contributed by atoms with Crippen LogP contribution in [0, 0.1) is 0 Å². The highest BCUT2D eigenvalue weighted by Crippen LogP contribution is 2.27. The fraction of sp³-hybridized carbons (Fsp3) is 0.227. The van der Waals surface area contributed by atoms with Gasteiger partial charge in [0, 0.05) is 12.2 Å². The van der Waals surface area contributed by atoms with Crippen molar-refractivity contribution in [1.29, 1.82) is 0 Å². The molecule has 1 fully saturated rings. The lowest BCUT2D eigenvalue weighted by molar-refractivity contribution is 0.0835. The van der Waals surface area contributed by atoms with Gasteiger partial charge in [0.15, 0.2) is 5.82 Å². The monoisotopic (exact) mass is 417 g/mol. The van der Waals surface area contributed by atoms with Gasteiger partial charge in [0.25, 0.3) is 17.7 Å². The van der Waals surface area contributed by atoms with E-state index in [2.05, 4.69) is 25.6 Å². The SMILES string of the molecule is O=C(NCc1noc(C2CCCO2)n1)c1ccccc1-c1nc(-c2ccccc2)no1. The van der Waals surface area contributed by atoms with Crippen molar-refractivity contribution in [3.05, 3.63) is 71.9 Å². The second-order valence-corrected chi connectivity index (χ2v) is 7.07. The minimum atomic E-state index is -0.307. The quantitative estimate of drug-likeness (QED) is 0.506. The summed E-state index contributed by atoms with van der Waals surface area (Å²) in [6, 6.07) is 16.5. The number of nitrogens with zero attached hydrogens (tertiary/aromatic N) is 4. The first kappa shape index (κ1) is 19.1. The van der Waals surface area contributed by atoms with Gasteiger partial charge < -0.3 is 19.1 Å². The van der Waals surface area contributed by atoms with Gasteiger partial charge in [-0.3, -0.25) is 4.79 Å². The van der Waals surface area contributed by atoms with Crippen molar-refractivity contribution in [1.82, 2.24) is 25.6 Å². The van der Waals surface area contributed by atoms with Crippen LogP contribution in [0.1, 0.15) is 41.0 Å². The van der Waals surface area contributed by atoms with Crippen LogP contribution in [0.15, 0.2) is 63.6 Å². The van der Waals surface area contributed by atoms with Gasteiger partial charge >= 0.3 is 0 Å². The minimum absolute atomic E-state index is 0.127. The predicted octanol–water partition coefficient (Wildman–Crippen LogP) is 3.57. The van der Waals surface area contributed by atoms with Gasteiger partial charge in [0.2, 0.25) is 5.82 Å². The van der Waals surface area contributed by atoms with Crippen molar-refractivity contribution in [3.8, 4) is 22.8 Å². The molecule has 1 amide bonds. The van der Waals surface area contributed by atoms with Crippen LogP contribution in [-0.4, -0.2) is 32.8 Å². The van der Waals surface area contributed by atoms with Gasteiger partial charge in [-0.05, 0) is 25.0 Å². The Labute approximate surface area is 177 Å². The number of aromatic nitrogens is 4. The van der Waals surface area contributed by atoms with Gasteiger partial charge in [-0.25, -0.2) is 0 Å². The smallest absolute Gasteiger partial charge is 0.259 e. The molecule has 156 valence electrons. The third-order valence-corrected chi connectivity index (χ3v) is 4.96. The lowest BCUT2D eigenvalue weighted by atomic mass is 10.1. The molecule has 2 aromatic carbocycles. The average Bonchev–Trinajstić information content (AvgIpc) is 3.59. The summed E-state index contributed by atoms with van der Waals surface area (Å²) in [5.41, 5.74) is 1.79. The number of carbonyl (C=O) groups is 1. The van der Waals surface area contributed by atoms with Gasteiger partial charge in [0.05, 0.1) is 17.7 Å². The number of carbonyl (C=O) groups excluding carboxylic acids is 1. The average molecular weight is 417 g/mol. The Hall–Kier alpha value is -3.85. The van der Waals surface area contributed by atoms with Crippen LogP contribution in [0.4, 0.5) is 0 Å². The fourth-order valence-electron chi connectivity index (χ4n) is 3.40. The molecule has 4 aromatic rings. The molecule has 2 aromatic heterocycles. The van der Waals surface area contributed by atoms with Crippen molar-refractivity contribution >= 4 is 5.91 Å². The zero-order chi connectivity index (χ0) is 21.0. The Balaban J connectivity index is 1.31. The second-order valence-electron chi connectivity index (χ2n) is 7.07. The van der Waals surface area contributed by atoms with E-state index in [9.17, 15) is 4.79 Å². The molecule has 1 aliphatic heterocycles. The van der Waals surface area contributed by atoms with Crippen molar-refractivity contribution < 1.29 is 18.6 Å². The molecular weight excluding hydrogens is 398 g/mol. The van der Waals surface area contributed by atoms with Gasteiger partial charge in [-0.2, -0.15) is 9.97 Å². The summed E-state index contributed by atoms with van der Waals surface area (Å²) in [6.45, 7) is 0.819. The van der Waals surface area contributed by atoms with Crippen LogP contribution >= 0.6 is 0 Å². The summed E-state index contributed by atoms with van der Waals surface area (Å²) in [7, 11) is 0. The third kappa shape index (κ3) is 4.08. The first-order valence-corrected chi connectivity index (χ1v) is 9.99. The van der Waals surface area contributed by atoms with Crippen LogP contribution in [0.25, 0.3) is 22.8 Å². The maximum atomic E-state index is 12.8. The molecule has 9 heteroatoms. The van der Waals surface area contributed by atoms with Crippen LogP contribution in [0.5, 0.6) is 0 Å². The molecule has 0 aliphatic carbocycles. The zero-order valence-electron chi connectivity index (χ0n) is 16.5. The molecule has 0 spiro atoms. The van der Waals surface area contributed by atoms with Crippen molar-refractivity contribution in [2.24, 2.45) is 0 Å². The first-order chi connectivity index (χ1) is 15.3. The lowest BCUT2D eigenvalue weighted by Crippen LogP contribution is -2.24. The van der Waals surface area contributed by atoms with Crippen molar-refractivity contribution in [2.75, 3.05) is 6.61 Å². The van der Waals surface area contributed by atoms with Crippen LogP contribution < -0.4 is 5.32 Å².